The second-order valence-corrected chi connectivity index (χ2v) is 5.16. The highest BCUT2D eigenvalue weighted by atomic mass is 16.4. The quantitative estimate of drug-likeness (QED) is 0.792. The zero-order valence-electron chi connectivity index (χ0n) is 12.3. The summed E-state index contributed by atoms with van der Waals surface area (Å²) in [6, 6.07) is 8.21. The van der Waals surface area contributed by atoms with Crippen molar-refractivity contribution in [2.24, 2.45) is 0 Å². The number of hydrogen-bond acceptors (Lipinski definition) is 4. The highest BCUT2D eigenvalue weighted by Gasteiger charge is 2.24. The van der Waals surface area contributed by atoms with Crippen LogP contribution in [0.4, 0.5) is 0 Å². The number of aromatic nitrogens is 3. The molecular formula is C15H16N4O3. The van der Waals surface area contributed by atoms with Gasteiger partial charge in [0.2, 0.25) is 5.91 Å². The maximum absolute atomic E-state index is 12.6. The van der Waals surface area contributed by atoms with Gasteiger partial charge in [-0.2, -0.15) is 5.10 Å². The number of amides is 1. The number of rotatable bonds is 4. The van der Waals surface area contributed by atoms with Crippen LogP contribution in [0, 0.1) is 0 Å². The minimum Gasteiger partial charge on any atom is -0.408 e. The fourth-order valence-corrected chi connectivity index (χ4v) is 2.49. The highest BCUT2D eigenvalue weighted by Crippen LogP contribution is 2.18. The van der Waals surface area contributed by atoms with Crippen molar-refractivity contribution in [1.29, 1.82) is 0 Å². The number of nitrogens with zero attached hydrogens (tertiary/aromatic N) is 3. The number of nitrogens with one attached hydrogen (secondary N) is 1. The minimum atomic E-state index is -0.649. The third-order valence-electron chi connectivity index (χ3n) is 3.61. The molecule has 2 heterocycles. The summed E-state index contributed by atoms with van der Waals surface area (Å²) in [4.78, 5) is 26.1. The Morgan fingerprint density at radius 1 is 1.41 bits per heavy atom. The van der Waals surface area contributed by atoms with E-state index in [1.54, 1.807) is 55.4 Å². The van der Waals surface area contributed by atoms with Crippen molar-refractivity contribution in [2.45, 2.75) is 19.5 Å². The third-order valence-corrected chi connectivity index (χ3v) is 3.61. The Morgan fingerprint density at radius 3 is 2.91 bits per heavy atom. The lowest BCUT2D eigenvalue weighted by atomic mass is 10.2. The minimum absolute atomic E-state index is 0.178. The van der Waals surface area contributed by atoms with Crippen molar-refractivity contribution in [3.8, 4) is 0 Å². The van der Waals surface area contributed by atoms with Crippen molar-refractivity contribution in [3.05, 3.63) is 52.8 Å². The Balaban J connectivity index is 1.88. The van der Waals surface area contributed by atoms with Crippen molar-refractivity contribution < 1.29 is 9.21 Å². The molecule has 1 atom stereocenters. The first-order chi connectivity index (χ1) is 10.6. The monoisotopic (exact) mass is 300 g/mol. The summed E-state index contributed by atoms with van der Waals surface area (Å²) >= 11 is 0. The molecule has 0 saturated heterocycles. The van der Waals surface area contributed by atoms with E-state index in [1.165, 1.54) is 4.57 Å². The second-order valence-electron chi connectivity index (χ2n) is 5.16. The molecular weight excluding hydrogens is 284 g/mol. The van der Waals surface area contributed by atoms with Crippen LogP contribution in [0.3, 0.4) is 0 Å². The lowest BCUT2D eigenvalue weighted by Gasteiger charge is -2.21. The summed E-state index contributed by atoms with van der Waals surface area (Å²) in [5.74, 6) is -0.708. The molecule has 0 fully saturated rings. The number of likely N-dealkylation sites (N-methyl/N-ethyl adjacent to an activating group) is 1. The van der Waals surface area contributed by atoms with Crippen molar-refractivity contribution in [3.63, 3.8) is 0 Å². The molecule has 0 saturated carbocycles. The molecule has 7 nitrogen and oxygen atoms in total. The van der Waals surface area contributed by atoms with E-state index in [0.29, 0.717) is 17.6 Å². The van der Waals surface area contributed by atoms with Gasteiger partial charge in [-0.05, 0) is 25.1 Å². The molecule has 3 rings (SSSR count). The van der Waals surface area contributed by atoms with E-state index in [-0.39, 0.29) is 5.91 Å². The predicted octanol–water partition coefficient (Wildman–Crippen LogP) is 1.54. The fraction of sp³-hybridized carbons (Fsp3) is 0.267. The molecule has 0 radical (unpaired) electrons. The van der Waals surface area contributed by atoms with Crippen LogP contribution in [0.5, 0.6) is 0 Å². The topological polar surface area (TPSA) is 84.1 Å². The van der Waals surface area contributed by atoms with Gasteiger partial charge in [0.1, 0.15) is 6.04 Å². The van der Waals surface area contributed by atoms with Gasteiger partial charge < -0.3 is 9.32 Å². The third kappa shape index (κ3) is 2.41. The van der Waals surface area contributed by atoms with E-state index in [2.05, 4.69) is 10.2 Å². The summed E-state index contributed by atoms with van der Waals surface area (Å²) in [5.41, 5.74) is 1.92. The molecule has 22 heavy (non-hydrogen) atoms. The molecule has 114 valence electrons. The van der Waals surface area contributed by atoms with Crippen LogP contribution in [-0.2, 0) is 11.3 Å². The molecule has 7 heteroatoms. The van der Waals surface area contributed by atoms with Gasteiger partial charge in [-0.15, -0.1) is 0 Å². The van der Waals surface area contributed by atoms with Crippen molar-refractivity contribution in [2.75, 3.05) is 7.05 Å². The first-order valence-electron chi connectivity index (χ1n) is 6.91. The van der Waals surface area contributed by atoms with Crippen LogP contribution >= 0.6 is 0 Å². The van der Waals surface area contributed by atoms with Gasteiger partial charge in [0.05, 0.1) is 17.8 Å². The summed E-state index contributed by atoms with van der Waals surface area (Å²) in [6.45, 7) is 2.09. The van der Waals surface area contributed by atoms with Gasteiger partial charge in [0.25, 0.3) is 0 Å². The molecule has 0 aliphatic carbocycles. The first kappa shape index (κ1) is 14.1. The van der Waals surface area contributed by atoms with E-state index in [1.807, 2.05) is 0 Å². The molecule has 3 aromatic rings. The Morgan fingerprint density at radius 2 is 2.18 bits per heavy atom. The standard InChI is InChI=1S/C15H16N4O3/c1-10(14(20)18(2)9-11-7-8-16-17-11)19-12-5-3-4-6-13(12)22-15(19)21/h3-8,10H,9H2,1-2H3,(H,16,17)/t10-/m0/s1. The van der Waals surface area contributed by atoms with Crippen LogP contribution in [0.1, 0.15) is 18.7 Å². The van der Waals surface area contributed by atoms with Crippen LogP contribution in [-0.4, -0.2) is 32.6 Å². The Bertz CT molecular complexity index is 847. The lowest BCUT2D eigenvalue weighted by molar-refractivity contribution is -0.133. The average molecular weight is 300 g/mol. The van der Waals surface area contributed by atoms with E-state index in [9.17, 15) is 9.59 Å². The number of oxazole rings is 1. The summed E-state index contributed by atoms with van der Waals surface area (Å²) in [7, 11) is 1.69. The molecule has 1 aromatic carbocycles. The highest BCUT2D eigenvalue weighted by molar-refractivity contribution is 5.82. The summed E-state index contributed by atoms with van der Waals surface area (Å²) in [5, 5.41) is 6.66. The molecule has 0 spiro atoms. The Kier molecular flexibility index (Phi) is 3.54. The fourth-order valence-electron chi connectivity index (χ4n) is 2.49. The number of para-hydroxylation sites is 2. The molecule has 0 aliphatic heterocycles. The van der Waals surface area contributed by atoms with Gasteiger partial charge in [0.15, 0.2) is 5.58 Å². The van der Waals surface area contributed by atoms with E-state index in [4.69, 9.17) is 4.42 Å². The molecule has 2 aromatic heterocycles. The van der Waals surface area contributed by atoms with E-state index < -0.39 is 11.8 Å². The van der Waals surface area contributed by atoms with Crippen LogP contribution in [0.15, 0.2) is 45.7 Å². The van der Waals surface area contributed by atoms with Gasteiger partial charge >= 0.3 is 5.76 Å². The maximum Gasteiger partial charge on any atom is 0.420 e. The predicted molar refractivity (Wildman–Crippen MR) is 80.2 cm³/mol. The average Bonchev–Trinajstić information content (AvgIpc) is 3.12. The Labute approximate surface area is 126 Å². The summed E-state index contributed by atoms with van der Waals surface area (Å²) in [6.07, 6.45) is 1.63. The first-order valence-corrected chi connectivity index (χ1v) is 6.91. The smallest absolute Gasteiger partial charge is 0.408 e. The zero-order valence-corrected chi connectivity index (χ0v) is 12.3. The molecule has 1 N–H and O–H groups in total. The lowest BCUT2D eigenvalue weighted by Crippen LogP contribution is -2.35. The number of hydrogen-bond donors (Lipinski definition) is 1. The number of fused-ring (bicyclic) bond motifs is 1. The van der Waals surface area contributed by atoms with Crippen LogP contribution < -0.4 is 5.76 Å². The second kappa shape index (κ2) is 5.51. The summed E-state index contributed by atoms with van der Waals surface area (Å²) < 4.78 is 6.55. The van der Waals surface area contributed by atoms with Gasteiger partial charge in [-0.25, -0.2) is 4.79 Å². The van der Waals surface area contributed by atoms with Crippen molar-refractivity contribution >= 4 is 17.0 Å². The number of H-pyrrole nitrogens is 1. The zero-order chi connectivity index (χ0) is 15.7. The SMILES string of the molecule is C[C@@H](C(=O)N(C)Cc1ccn[nH]1)n1c(=O)oc2ccccc21. The van der Waals surface area contributed by atoms with E-state index >= 15 is 0 Å². The molecule has 0 aliphatic rings. The maximum atomic E-state index is 12.6. The van der Waals surface area contributed by atoms with Crippen LogP contribution in [0.2, 0.25) is 0 Å². The molecule has 1 amide bonds. The Hall–Kier alpha value is -2.83. The van der Waals surface area contributed by atoms with Gasteiger partial charge in [-0.1, -0.05) is 12.1 Å². The molecule has 0 unspecified atom stereocenters. The number of benzene rings is 1. The van der Waals surface area contributed by atoms with Gasteiger partial charge in [0, 0.05) is 13.2 Å². The number of carbonyl (C=O) groups excluding carboxylic acids is 1. The van der Waals surface area contributed by atoms with Crippen molar-refractivity contribution in [1.82, 2.24) is 19.7 Å². The number of aromatic amines is 1. The van der Waals surface area contributed by atoms with Crippen LogP contribution in [0.25, 0.3) is 11.1 Å². The number of carbonyl (C=O) groups is 1. The normalized spacial score (nSPS) is 12.5. The van der Waals surface area contributed by atoms with E-state index in [0.717, 1.165) is 5.69 Å². The van der Waals surface area contributed by atoms with Gasteiger partial charge in [-0.3, -0.25) is 14.5 Å². The largest absolute Gasteiger partial charge is 0.420 e. The molecule has 0 bridgehead atoms.